The summed E-state index contributed by atoms with van der Waals surface area (Å²) in [6.07, 6.45) is 1.24. The normalized spacial score (nSPS) is 17.6. The van der Waals surface area contributed by atoms with E-state index in [1.165, 1.54) is 29.0 Å². The van der Waals surface area contributed by atoms with Crippen LogP contribution in [-0.2, 0) is 35.1 Å². The van der Waals surface area contributed by atoms with Crippen molar-refractivity contribution in [1.29, 1.82) is 0 Å². The van der Waals surface area contributed by atoms with Crippen molar-refractivity contribution >= 4 is 35.4 Å². The molecule has 2 aromatic carbocycles. The second kappa shape index (κ2) is 15.5. The van der Waals surface area contributed by atoms with E-state index in [0.717, 1.165) is 5.56 Å². The fourth-order valence-electron chi connectivity index (χ4n) is 5.95. The maximum Gasteiger partial charge on any atom is 0.410 e. The van der Waals surface area contributed by atoms with E-state index >= 15 is 0 Å². The van der Waals surface area contributed by atoms with E-state index in [1.54, 1.807) is 61.0 Å². The molecule has 0 bridgehead atoms. The Morgan fingerprint density at radius 1 is 0.896 bits per heavy atom. The van der Waals surface area contributed by atoms with E-state index < -0.39 is 41.5 Å². The van der Waals surface area contributed by atoms with E-state index in [0.29, 0.717) is 5.56 Å². The summed E-state index contributed by atoms with van der Waals surface area (Å²) in [5.41, 5.74) is 0.987. The average Bonchev–Trinajstić information content (AvgIpc) is 3.04. The standard InChI is InChI=1S/C36H47N5O7/c1-25(2)32-34(45)41(30(28-16-12-9-13-17-28)23-39(32)31(43)24-47-7)40(26(3)42)29(22-27-14-10-8-11-15-27)33(44)37-18-20-38(21-19-37)35(46)48-36(4,5)6/h8-17,23,25,29,32H,18-22,24H2,1-7H3/t29-,32?/m0/s1. The number of amides is 5. The molecule has 0 saturated carbocycles. The first-order valence-corrected chi connectivity index (χ1v) is 16.2. The summed E-state index contributed by atoms with van der Waals surface area (Å²) in [6, 6.07) is 16.2. The summed E-state index contributed by atoms with van der Waals surface area (Å²) in [6.45, 7) is 11.1. The summed E-state index contributed by atoms with van der Waals surface area (Å²) in [5.74, 6) is -2.16. The van der Waals surface area contributed by atoms with E-state index in [4.69, 9.17) is 9.47 Å². The van der Waals surface area contributed by atoms with Crippen LogP contribution in [0.4, 0.5) is 4.79 Å². The molecular weight excluding hydrogens is 614 g/mol. The van der Waals surface area contributed by atoms with Crippen LogP contribution in [0, 0.1) is 5.92 Å². The zero-order chi connectivity index (χ0) is 35.2. The molecule has 0 aliphatic carbocycles. The first-order valence-electron chi connectivity index (χ1n) is 16.2. The van der Waals surface area contributed by atoms with E-state index in [1.807, 2.05) is 50.2 Å². The fourth-order valence-corrected chi connectivity index (χ4v) is 5.95. The number of hydrogen-bond acceptors (Lipinski definition) is 7. The van der Waals surface area contributed by atoms with Gasteiger partial charge in [0.15, 0.2) is 0 Å². The molecule has 1 fully saturated rings. The number of methoxy groups -OCH3 is 1. The van der Waals surface area contributed by atoms with Crippen molar-refractivity contribution in [3.8, 4) is 0 Å². The van der Waals surface area contributed by atoms with Gasteiger partial charge < -0.3 is 24.2 Å². The van der Waals surface area contributed by atoms with Crippen molar-refractivity contribution in [3.05, 3.63) is 78.0 Å². The number of benzene rings is 2. The molecule has 5 amide bonds. The van der Waals surface area contributed by atoms with Gasteiger partial charge in [0, 0.05) is 58.4 Å². The smallest absolute Gasteiger partial charge is 0.410 e. The minimum absolute atomic E-state index is 0.121. The summed E-state index contributed by atoms with van der Waals surface area (Å²) < 4.78 is 10.7. The first kappa shape index (κ1) is 36.1. The van der Waals surface area contributed by atoms with Crippen molar-refractivity contribution in [3.63, 3.8) is 0 Å². The minimum Gasteiger partial charge on any atom is -0.444 e. The lowest BCUT2D eigenvalue weighted by molar-refractivity contribution is -0.172. The van der Waals surface area contributed by atoms with Gasteiger partial charge in [0.25, 0.3) is 11.8 Å². The maximum atomic E-state index is 14.7. The van der Waals surface area contributed by atoms with Crippen LogP contribution in [0.3, 0.4) is 0 Å². The summed E-state index contributed by atoms with van der Waals surface area (Å²) in [4.78, 5) is 73.7. The molecule has 0 radical (unpaired) electrons. The summed E-state index contributed by atoms with van der Waals surface area (Å²) in [7, 11) is 1.41. The molecule has 2 heterocycles. The highest BCUT2D eigenvalue weighted by atomic mass is 16.6. The molecule has 2 atom stereocenters. The molecule has 2 aliphatic rings. The Morgan fingerprint density at radius 3 is 1.98 bits per heavy atom. The maximum absolute atomic E-state index is 14.7. The zero-order valence-electron chi connectivity index (χ0n) is 28.9. The van der Waals surface area contributed by atoms with Gasteiger partial charge in [-0.3, -0.25) is 19.2 Å². The molecule has 1 unspecified atom stereocenters. The van der Waals surface area contributed by atoms with Crippen LogP contribution in [0.15, 0.2) is 66.9 Å². The van der Waals surface area contributed by atoms with Gasteiger partial charge in [0.05, 0.1) is 5.70 Å². The SMILES string of the molecule is COCC(=O)N1C=C(c2ccccc2)N(N(C(C)=O)[C@@H](Cc2ccccc2)C(=O)N2CCN(C(=O)OC(C)(C)C)CC2)C(=O)C1C(C)C. The molecule has 1 saturated heterocycles. The molecule has 2 aliphatic heterocycles. The van der Waals surface area contributed by atoms with Crippen molar-refractivity contribution in [2.75, 3.05) is 39.9 Å². The second-order valence-electron chi connectivity index (χ2n) is 13.3. The molecule has 0 N–H and O–H groups in total. The Hall–Kier alpha value is -4.71. The van der Waals surface area contributed by atoms with Crippen LogP contribution in [0.25, 0.3) is 5.70 Å². The monoisotopic (exact) mass is 661 g/mol. The van der Waals surface area contributed by atoms with E-state index in [2.05, 4.69) is 0 Å². The van der Waals surface area contributed by atoms with Crippen LogP contribution >= 0.6 is 0 Å². The first-order chi connectivity index (χ1) is 22.7. The number of carbonyl (C=O) groups is 5. The topological polar surface area (TPSA) is 120 Å². The average molecular weight is 662 g/mol. The summed E-state index contributed by atoms with van der Waals surface area (Å²) in [5, 5.41) is 2.52. The number of hydrazine groups is 1. The van der Waals surface area contributed by atoms with Gasteiger partial charge >= 0.3 is 6.09 Å². The van der Waals surface area contributed by atoms with Gasteiger partial charge in [-0.1, -0.05) is 74.5 Å². The predicted octanol–water partition coefficient (Wildman–Crippen LogP) is 3.78. The predicted molar refractivity (Wildman–Crippen MR) is 179 cm³/mol. The molecule has 0 spiro atoms. The minimum atomic E-state index is -1.12. The Morgan fingerprint density at radius 2 is 1.46 bits per heavy atom. The zero-order valence-corrected chi connectivity index (χ0v) is 28.9. The Bertz CT molecular complexity index is 1500. The Balaban J connectivity index is 1.79. The van der Waals surface area contributed by atoms with Crippen molar-refractivity contribution in [1.82, 2.24) is 24.7 Å². The lowest BCUT2D eigenvalue weighted by atomic mass is 9.97. The highest BCUT2D eigenvalue weighted by Crippen LogP contribution is 2.33. The number of nitrogens with zero attached hydrogens (tertiary/aromatic N) is 5. The van der Waals surface area contributed by atoms with Crippen molar-refractivity contribution in [2.24, 2.45) is 5.92 Å². The largest absolute Gasteiger partial charge is 0.444 e. The number of carbonyl (C=O) groups excluding carboxylic acids is 5. The molecule has 12 heteroatoms. The van der Waals surface area contributed by atoms with Gasteiger partial charge in [-0.15, -0.1) is 0 Å². The molecule has 2 aromatic rings. The van der Waals surface area contributed by atoms with Crippen LogP contribution < -0.4 is 0 Å². The van der Waals surface area contributed by atoms with Gasteiger partial charge in [-0.2, -0.15) is 0 Å². The quantitative estimate of drug-likeness (QED) is 0.401. The Labute approximate surface area is 282 Å². The second-order valence-corrected chi connectivity index (χ2v) is 13.3. The lowest BCUT2D eigenvalue weighted by Crippen LogP contribution is -2.65. The van der Waals surface area contributed by atoms with Gasteiger partial charge in [-0.25, -0.2) is 14.8 Å². The molecule has 48 heavy (non-hydrogen) atoms. The molecule has 0 aromatic heterocycles. The number of piperazine rings is 1. The van der Waals surface area contributed by atoms with Crippen LogP contribution in [0.1, 0.15) is 52.7 Å². The van der Waals surface area contributed by atoms with Crippen LogP contribution in [0.5, 0.6) is 0 Å². The van der Waals surface area contributed by atoms with Crippen molar-refractivity contribution < 1.29 is 33.4 Å². The third kappa shape index (κ3) is 8.41. The lowest BCUT2D eigenvalue weighted by Gasteiger charge is -2.47. The number of hydrogen-bond donors (Lipinski definition) is 0. The van der Waals surface area contributed by atoms with Gasteiger partial charge in [-0.05, 0) is 32.3 Å². The third-order valence-electron chi connectivity index (χ3n) is 8.14. The van der Waals surface area contributed by atoms with Crippen molar-refractivity contribution in [2.45, 2.75) is 65.6 Å². The molecule has 258 valence electrons. The number of rotatable bonds is 9. The third-order valence-corrected chi connectivity index (χ3v) is 8.14. The van der Waals surface area contributed by atoms with Crippen LogP contribution in [0.2, 0.25) is 0 Å². The summed E-state index contributed by atoms with van der Waals surface area (Å²) >= 11 is 0. The van der Waals surface area contributed by atoms with Gasteiger partial charge in [0.2, 0.25) is 11.8 Å². The van der Waals surface area contributed by atoms with E-state index in [9.17, 15) is 24.0 Å². The fraction of sp³-hybridized carbons (Fsp3) is 0.472. The molecular formula is C36H47N5O7. The Kier molecular flexibility index (Phi) is 11.6. The van der Waals surface area contributed by atoms with Crippen LogP contribution in [-0.4, -0.2) is 112 Å². The highest BCUT2D eigenvalue weighted by Gasteiger charge is 2.47. The number of ether oxygens (including phenoxy) is 2. The highest BCUT2D eigenvalue weighted by molar-refractivity contribution is 5.99. The molecule has 4 rings (SSSR count). The molecule has 12 nitrogen and oxygen atoms in total. The van der Waals surface area contributed by atoms with E-state index in [-0.39, 0.29) is 56.7 Å². The van der Waals surface area contributed by atoms with Gasteiger partial charge in [0.1, 0.15) is 24.3 Å².